The van der Waals surface area contributed by atoms with E-state index >= 15 is 0 Å². The minimum atomic E-state index is -0.507. The normalized spacial score (nSPS) is 29.6. The maximum atomic E-state index is 12.8. The second-order valence-corrected chi connectivity index (χ2v) is 8.17. The highest BCUT2D eigenvalue weighted by molar-refractivity contribution is 5.94. The molecule has 0 radical (unpaired) electrons. The zero-order chi connectivity index (χ0) is 19.5. The number of ketones is 1. The fourth-order valence-corrected chi connectivity index (χ4v) is 5.51. The number of carbonyl (C=O) groups excluding carboxylic acids is 2. The Hall–Kier alpha value is -2.82. The highest BCUT2D eigenvalue weighted by Gasteiger charge is 2.61. The van der Waals surface area contributed by atoms with Crippen LogP contribution in [0, 0.1) is 5.92 Å². The van der Waals surface area contributed by atoms with Crippen LogP contribution in [0.4, 0.5) is 0 Å². The van der Waals surface area contributed by atoms with Crippen LogP contribution in [0.5, 0.6) is 11.5 Å². The maximum Gasteiger partial charge on any atom is 0.251 e. The SMILES string of the molecule is COc1ccc2c3c1O[C@@H]1C(=O)CC[C@H]([C@@H](NC(=O)c4ccccc4)C2)C31C. The van der Waals surface area contributed by atoms with Crippen molar-refractivity contribution < 1.29 is 19.1 Å². The Morgan fingerprint density at radius 2 is 2.00 bits per heavy atom. The molecule has 1 heterocycles. The zero-order valence-corrected chi connectivity index (χ0v) is 16.0. The summed E-state index contributed by atoms with van der Waals surface area (Å²) in [6.07, 6.45) is 1.46. The summed E-state index contributed by atoms with van der Waals surface area (Å²) in [6.45, 7) is 2.12. The lowest BCUT2D eigenvalue weighted by Gasteiger charge is -2.48. The van der Waals surface area contributed by atoms with E-state index in [9.17, 15) is 9.59 Å². The molecule has 0 bridgehead atoms. The lowest BCUT2D eigenvalue weighted by atomic mass is 9.56. The van der Waals surface area contributed by atoms with Crippen LogP contribution in [-0.4, -0.2) is 30.9 Å². The smallest absolute Gasteiger partial charge is 0.251 e. The van der Waals surface area contributed by atoms with Crippen molar-refractivity contribution in [3.05, 3.63) is 59.2 Å². The third kappa shape index (κ3) is 2.25. The third-order valence-corrected chi connectivity index (χ3v) is 6.79. The van der Waals surface area contributed by atoms with Crippen LogP contribution >= 0.6 is 0 Å². The summed E-state index contributed by atoms with van der Waals surface area (Å²) in [7, 11) is 1.62. The van der Waals surface area contributed by atoms with Crippen molar-refractivity contribution in [3.8, 4) is 11.5 Å². The zero-order valence-electron chi connectivity index (χ0n) is 16.0. The number of hydrogen-bond donors (Lipinski definition) is 1. The van der Waals surface area contributed by atoms with Gasteiger partial charge in [0.15, 0.2) is 23.4 Å². The molecular weight excluding hydrogens is 354 g/mol. The van der Waals surface area contributed by atoms with Gasteiger partial charge >= 0.3 is 0 Å². The van der Waals surface area contributed by atoms with E-state index in [0.29, 0.717) is 23.5 Å². The molecule has 1 unspecified atom stereocenters. The van der Waals surface area contributed by atoms with E-state index in [2.05, 4.69) is 12.2 Å². The predicted molar refractivity (Wildman–Crippen MR) is 104 cm³/mol. The molecule has 2 aromatic rings. The first kappa shape index (κ1) is 17.3. The number of benzene rings is 2. The molecule has 5 rings (SSSR count). The van der Waals surface area contributed by atoms with Crippen molar-refractivity contribution in [2.45, 2.75) is 43.7 Å². The van der Waals surface area contributed by atoms with Crippen LogP contribution in [0.15, 0.2) is 42.5 Å². The van der Waals surface area contributed by atoms with E-state index in [1.54, 1.807) is 7.11 Å². The molecule has 5 heteroatoms. The third-order valence-electron chi connectivity index (χ3n) is 6.79. The van der Waals surface area contributed by atoms with E-state index in [1.165, 1.54) is 0 Å². The second kappa shape index (κ2) is 6.09. The number of amides is 1. The summed E-state index contributed by atoms with van der Waals surface area (Å²) >= 11 is 0. The van der Waals surface area contributed by atoms with Gasteiger partial charge in [0.05, 0.1) is 7.11 Å². The molecule has 5 nitrogen and oxygen atoms in total. The van der Waals surface area contributed by atoms with Crippen molar-refractivity contribution in [1.82, 2.24) is 5.32 Å². The van der Waals surface area contributed by atoms with Gasteiger partial charge in [0.2, 0.25) is 0 Å². The molecule has 1 N–H and O–H groups in total. The standard InChI is InChI=1S/C23H23NO4/c1-23-15-9-10-17(25)21(23)28-20-18(27-2)11-8-14(19(20)23)12-16(15)24-22(26)13-6-4-3-5-7-13/h3-8,11,15-16,21H,9-10,12H2,1-2H3,(H,24,26)/t15-,16+,21-,23?/m1/s1. The molecule has 0 spiro atoms. The number of rotatable bonds is 3. The van der Waals surface area contributed by atoms with Crippen LogP contribution in [0.25, 0.3) is 0 Å². The Kier molecular flexibility index (Phi) is 3.76. The predicted octanol–water partition coefficient (Wildman–Crippen LogP) is 3.05. The number of ether oxygens (including phenoxy) is 2. The molecule has 2 aliphatic carbocycles. The number of carbonyl (C=O) groups is 2. The Morgan fingerprint density at radius 3 is 2.75 bits per heavy atom. The Bertz CT molecular complexity index is 970. The quantitative estimate of drug-likeness (QED) is 0.893. The van der Waals surface area contributed by atoms with Gasteiger partial charge in [0.25, 0.3) is 5.91 Å². The monoisotopic (exact) mass is 377 g/mol. The van der Waals surface area contributed by atoms with Crippen LogP contribution in [0.2, 0.25) is 0 Å². The van der Waals surface area contributed by atoms with E-state index in [1.807, 2.05) is 42.5 Å². The van der Waals surface area contributed by atoms with Crippen molar-refractivity contribution in [3.63, 3.8) is 0 Å². The molecule has 4 atom stereocenters. The van der Waals surface area contributed by atoms with Crippen molar-refractivity contribution in [2.24, 2.45) is 5.92 Å². The molecule has 144 valence electrons. The van der Waals surface area contributed by atoms with Gasteiger partial charge in [-0.3, -0.25) is 9.59 Å². The van der Waals surface area contributed by atoms with Gasteiger partial charge in [-0.2, -0.15) is 0 Å². The molecular formula is C23H23NO4. The van der Waals surface area contributed by atoms with Crippen LogP contribution in [-0.2, 0) is 16.6 Å². The van der Waals surface area contributed by atoms with E-state index in [4.69, 9.17) is 9.47 Å². The number of Topliss-reactive ketones (excluding diaryl/α,β-unsaturated/α-hetero) is 1. The maximum absolute atomic E-state index is 12.8. The van der Waals surface area contributed by atoms with E-state index in [-0.39, 0.29) is 23.7 Å². The fraction of sp³-hybridized carbons (Fsp3) is 0.391. The topological polar surface area (TPSA) is 64.6 Å². The minimum Gasteiger partial charge on any atom is -0.493 e. The molecule has 1 aliphatic heterocycles. The molecule has 1 fully saturated rings. The van der Waals surface area contributed by atoms with Gasteiger partial charge in [-0.25, -0.2) is 0 Å². The Balaban J connectivity index is 1.57. The average molecular weight is 377 g/mol. The van der Waals surface area contributed by atoms with Gasteiger partial charge in [0.1, 0.15) is 0 Å². The lowest BCUT2D eigenvalue weighted by molar-refractivity contribution is -0.133. The van der Waals surface area contributed by atoms with Gasteiger partial charge in [-0.15, -0.1) is 0 Å². The fourth-order valence-electron chi connectivity index (χ4n) is 5.51. The van der Waals surface area contributed by atoms with Gasteiger partial charge in [-0.1, -0.05) is 31.2 Å². The highest BCUT2D eigenvalue weighted by atomic mass is 16.5. The molecule has 3 aliphatic rings. The van der Waals surface area contributed by atoms with Crippen LogP contribution < -0.4 is 14.8 Å². The summed E-state index contributed by atoms with van der Waals surface area (Å²) in [6, 6.07) is 13.2. The van der Waals surface area contributed by atoms with Crippen LogP contribution in [0.3, 0.4) is 0 Å². The summed E-state index contributed by atoms with van der Waals surface area (Å²) in [5.74, 6) is 1.59. The first-order valence-corrected chi connectivity index (χ1v) is 9.79. The van der Waals surface area contributed by atoms with E-state index < -0.39 is 11.5 Å². The van der Waals surface area contributed by atoms with Crippen LogP contribution in [0.1, 0.15) is 41.3 Å². The van der Waals surface area contributed by atoms with Crippen molar-refractivity contribution in [2.75, 3.05) is 7.11 Å². The molecule has 2 aromatic carbocycles. The van der Waals surface area contributed by atoms with Gasteiger partial charge < -0.3 is 14.8 Å². The van der Waals surface area contributed by atoms with Crippen molar-refractivity contribution >= 4 is 11.7 Å². The Labute approximate surface area is 164 Å². The summed E-state index contributed by atoms with van der Waals surface area (Å²) in [4.78, 5) is 25.6. The molecule has 1 amide bonds. The Morgan fingerprint density at radius 1 is 1.21 bits per heavy atom. The summed E-state index contributed by atoms with van der Waals surface area (Å²) < 4.78 is 11.7. The molecule has 0 saturated heterocycles. The molecule has 0 aromatic heterocycles. The summed E-state index contributed by atoms with van der Waals surface area (Å²) in [5, 5.41) is 3.25. The molecule has 28 heavy (non-hydrogen) atoms. The molecule has 1 saturated carbocycles. The average Bonchev–Trinajstić information content (AvgIpc) is 3.04. The number of methoxy groups -OCH3 is 1. The number of nitrogens with one attached hydrogen (secondary N) is 1. The second-order valence-electron chi connectivity index (χ2n) is 8.17. The van der Waals surface area contributed by atoms with Crippen molar-refractivity contribution in [1.29, 1.82) is 0 Å². The van der Waals surface area contributed by atoms with Gasteiger partial charge in [0, 0.05) is 29.0 Å². The lowest BCUT2D eigenvalue weighted by Crippen LogP contribution is -2.60. The van der Waals surface area contributed by atoms with E-state index in [0.717, 1.165) is 24.0 Å². The largest absolute Gasteiger partial charge is 0.493 e. The number of hydrogen-bond acceptors (Lipinski definition) is 4. The summed E-state index contributed by atoms with van der Waals surface area (Å²) in [5.41, 5.74) is 2.44. The first-order valence-electron chi connectivity index (χ1n) is 9.79. The van der Waals surface area contributed by atoms with Gasteiger partial charge in [-0.05, 0) is 42.5 Å². The highest BCUT2D eigenvalue weighted by Crippen LogP contribution is 2.59. The first-order chi connectivity index (χ1) is 13.5. The minimum absolute atomic E-state index is 0.0382.